The molecule has 2 radical (unpaired) electrons. The normalized spacial score (nSPS) is 40.4. The first-order valence-corrected chi connectivity index (χ1v) is 3.75. The average Bonchev–Trinajstić information content (AvgIpc) is 2.30. The minimum absolute atomic E-state index is 0.166. The van der Waals surface area contributed by atoms with Crippen LogP contribution in [0.5, 0.6) is 0 Å². The molecule has 0 aromatic carbocycles. The van der Waals surface area contributed by atoms with Crippen molar-refractivity contribution in [2.45, 2.75) is 18.7 Å². The second-order valence-corrected chi connectivity index (χ2v) is 3.12. The van der Waals surface area contributed by atoms with Gasteiger partial charge in [0.05, 0.1) is 7.85 Å². The van der Waals surface area contributed by atoms with Gasteiger partial charge in [0, 0.05) is 13.2 Å². The lowest BCUT2D eigenvalue weighted by Crippen LogP contribution is -2.15. The Hall–Kier alpha value is -0.0151. The van der Waals surface area contributed by atoms with Gasteiger partial charge in [-0.2, -0.15) is 0 Å². The summed E-state index contributed by atoms with van der Waals surface area (Å²) in [5.74, 6) is 0.661. The molecule has 0 spiro atoms. The summed E-state index contributed by atoms with van der Waals surface area (Å²) in [5.41, 5.74) is 0. The van der Waals surface area contributed by atoms with Crippen molar-refractivity contribution in [2.24, 2.45) is 11.8 Å². The maximum absolute atomic E-state index is 8.82. The molecular formula is C7H13BO2. The SMILES string of the molecule is [B]C1CC(CO)[C@@H](CO)C1. The highest BCUT2D eigenvalue weighted by Gasteiger charge is 2.30. The van der Waals surface area contributed by atoms with Crippen LogP contribution in [0.25, 0.3) is 0 Å². The molecule has 0 aromatic rings. The highest BCUT2D eigenvalue weighted by molar-refractivity contribution is 6.11. The van der Waals surface area contributed by atoms with E-state index >= 15 is 0 Å². The van der Waals surface area contributed by atoms with Crippen LogP contribution >= 0.6 is 0 Å². The van der Waals surface area contributed by atoms with Gasteiger partial charge in [0.15, 0.2) is 0 Å². The highest BCUT2D eigenvalue weighted by atomic mass is 16.3. The van der Waals surface area contributed by atoms with Crippen molar-refractivity contribution in [3.63, 3.8) is 0 Å². The smallest absolute Gasteiger partial charge is 0.0699 e. The lowest BCUT2D eigenvalue weighted by Gasteiger charge is -2.12. The number of aliphatic hydroxyl groups excluding tert-OH is 2. The Morgan fingerprint density at radius 3 is 1.80 bits per heavy atom. The maximum Gasteiger partial charge on any atom is 0.0699 e. The van der Waals surface area contributed by atoms with Crippen LogP contribution in [0.2, 0.25) is 5.82 Å². The third-order valence-corrected chi connectivity index (χ3v) is 2.35. The van der Waals surface area contributed by atoms with E-state index in [9.17, 15) is 0 Å². The van der Waals surface area contributed by atoms with Crippen LogP contribution in [0.15, 0.2) is 0 Å². The molecule has 0 aromatic heterocycles. The molecule has 56 valence electrons. The van der Waals surface area contributed by atoms with E-state index in [0.29, 0.717) is 0 Å². The van der Waals surface area contributed by atoms with Gasteiger partial charge in [-0.05, 0) is 11.8 Å². The second kappa shape index (κ2) is 3.40. The van der Waals surface area contributed by atoms with Crippen LogP contribution in [-0.4, -0.2) is 31.3 Å². The van der Waals surface area contributed by atoms with Crippen LogP contribution in [0.1, 0.15) is 12.8 Å². The van der Waals surface area contributed by atoms with Gasteiger partial charge >= 0.3 is 0 Å². The molecule has 2 nitrogen and oxygen atoms in total. The Bertz CT molecular complexity index is 95.8. The first kappa shape index (κ1) is 8.09. The third-order valence-electron chi connectivity index (χ3n) is 2.35. The van der Waals surface area contributed by atoms with Crippen molar-refractivity contribution in [3.8, 4) is 0 Å². The van der Waals surface area contributed by atoms with Gasteiger partial charge in [0.25, 0.3) is 0 Å². The van der Waals surface area contributed by atoms with E-state index in [1.165, 1.54) is 0 Å². The molecule has 1 fully saturated rings. The summed E-state index contributed by atoms with van der Waals surface area (Å²) < 4.78 is 0. The number of rotatable bonds is 2. The van der Waals surface area contributed by atoms with Crippen molar-refractivity contribution in [1.29, 1.82) is 0 Å². The molecule has 0 heterocycles. The molecule has 1 aliphatic rings. The second-order valence-electron chi connectivity index (χ2n) is 3.12. The third kappa shape index (κ3) is 1.52. The van der Waals surface area contributed by atoms with Gasteiger partial charge in [-0.25, -0.2) is 0 Å². The van der Waals surface area contributed by atoms with E-state index in [2.05, 4.69) is 0 Å². The maximum atomic E-state index is 8.82. The molecule has 3 heteroatoms. The van der Waals surface area contributed by atoms with E-state index < -0.39 is 0 Å². The molecule has 0 saturated heterocycles. The molecule has 1 saturated carbocycles. The van der Waals surface area contributed by atoms with Crippen LogP contribution in [-0.2, 0) is 0 Å². The minimum atomic E-state index is 0.166. The predicted molar refractivity (Wildman–Crippen MR) is 39.9 cm³/mol. The van der Waals surface area contributed by atoms with Crippen molar-refractivity contribution >= 4 is 7.85 Å². The first-order chi connectivity index (χ1) is 4.77. The van der Waals surface area contributed by atoms with Gasteiger partial charge in [-0.3, -0.25) is 0 Å². The van der Waals surface area contributed by atoms with Gasteiger partial charge in [0.2, 0.25) is 0 Å². The summed E-state index contributed by atoms with van der Waals surface area (Å²) >= 11 is 0. The van der Waals surface area contributed by atoms with Crippen molar-refractivity contribution in [1.82, 2.24) is 0 Å². The molecule has 10 heavy (non-hydrogen) atoms. The van der Waals surface area contributed by atoms with Gasteiger partial charge in [0.1, 0.15) is 0 Å². The van der Waals surface area contributed by atoms with Crippen LogP contribution in [0.4, 0.5) is 0 Å². The molecule has 1 rings (SSSR count). The molecular weight excluding hydrogens is 127 g/mol. The molecule has 2 unspecified atom stereocenters. The Morgan fingerprint density at radius 2 is 1.50 bits per heavy atom. The van der Waals surface area contributed by atoms with E-state index in [1.807, 2.05) is 0 Å². The molecule has 3 atom stereocenters. The largest absolute Gasteiger partial charge is 0.396 e. The Kier molecular flexibility index (Phi) is 2.75. The predicted octanol–water partition coefficient (Wildman–Crippen LogP) is -0.0458. The fourth-order valence-corrected chi connectivity index (χ4v) is 1.71. The van der Waals surface area contributed by atoms with Crippen molar-refractivity contribution in [2.75, 3.05) is 13.2 Å². The van der Waals surface area contributed by atoms with Crippen LogP contribution < -0.4 is 0 Å². The first-order valence-electron chi connectivity index (χ1n) is 3.75. The van der Waals surface area contributed by atoms with Gasteiger partial charge in [-0.1, -0.05) is 18.7 Å². The summed E-state index contributed by atoms with van der Waals surface area (Å²) in [6.45, 7) is 0.331. The van der Waals surface area contributed by atoms with Crippen LogP contribution in [0, 0.1) is 11.8 Å². The zero-order chi connectivity index (χ0) is 7.56. The van der Waals surface area contributed by atoms with E-state index in [-0.39, 0.29) is 30.9 Å². The number of aliphatic hydroxyl groups is 2. The van der Waals surface area contributed by atoms with E-state index in [0.717, 1.165) is 12.8 Å². The molecule has 2 N–H and O–H groups in total. The van der Waals surface area contributed by atoms with E-state index in [1.54, 1.807) is 0 Å². The summed E-state index contributed by atoms with van der Waals surface area (Å²) in [5, 5.41) is 17.6. The average molecular weight is 140 g/mol. The number of hydrogen-bond acceptors (Lipinski definition) is 2. The zero-order valence-electron chi connectivity index (χ0n) is 6.03. The quantitative estimate of drug-likeness (QED) is 0.528. The summed E-state index contributed by atoms with van der Waals surface area (Å²) in [6, 6.07) is 0. The highest BCUT2D eigenvalue weighted by Crippen LogP contribution is 2.37. The molecule has 0 amide bonds. The van der Waals surface area contributed by atoms with Gasteiger partial charge < -0.3 is 10.2 Å². The number of hydrogen-bond donors (Lipinski definition) is 2. The van der Waals surface area contributed by atoms with Gasteiger partial charge in [-0.15, -0.1) is 0 Å². The summed E-state index contributed by atoms with van der Waals surface area (Å²) in [7, 11) is 5.64. The Labute approximate surface area is 62.7 Å². The fourth-order valence-electron chi connectivity index (χ4n) is 1.71. The zero-order valence-corrected chi connectivity index (χ0v) is 6.03. The van der Waals surface area contributed by atoms with Crippen molar-refractivity contribution < 1.29 is 10.2 Å². The summed E-state index contributed by atoms with van der Waals surface area (Å²) in [6.07, 6.45) is 1.73. The van der Waals surface area contributed by atoms with E-state index in [4.69, 9.17) is 18.1 Å². The minimum Gasteiger partial charge on any atom is -0.396 e. The Morgan fingerprint density at radius 1 is 1.10 bits per heavy atom. The molecule has 0 aliphatic heterocycles. The fraction of sp³-hybridized carbons (Fsp3) is 1.00. The van der Waals surface area contributed by atoms with Crippen LogP contribution in [0.3, 0.4) is 0 Å². The standard InChI is InChI=1S/C7H13BO2/c8-7-1-5(3-9)6(2-7)4-10/h5-7,9-10H,1-4H2/t5-,6?,7?/m1/s1. The summed E-state index contributed by atoms with van der Waals surface area (Å²) in [4.78, 5) is 0. The lowest BCUT2D eigenvalue weighted by molar-refractivity contribution is 0.141. The topological polar surface area (TPSA) is 40.5 Å². The monoisotopic (exact) mass is 140 g/mol. The molecule has 0 bridgehead atoms. The Balaban J connectivity index is 2.41. The van der Waals surface area contributed by atoms with Crippen molar-refractivity contribution in [3.05, 3.63) is 0 Å². The molecule has 1 aliphatic carbocycles. The lowest BCUT2D eigenvalue weighted by atomic mass is 9.85.